The number of allylic oxidation sites excluding steroid dienone is 2. The Bertz CT molecular complexity index is 627. The summed E-state index contributed by atoms with van der Waals surface area (Å²) in [5.41, 5.74) is 2.22. The van der Waals surface area contributed by atoms with Crippen LogP contribution in [0.3, 0.4) is 0 Å². The lowest BCUT2D eigenvalue weighted by molar-refractivity contribution is 0.0920. The van der Waals surface area contributed by atoms with Gasteiger partial charge in [-0.25, -0.2) is 0 Å². The number of pyridine rings is 1. The van der Waals surface area contributed by atoms with Gasteiger partial charge >= 0.3 is 0 Å². The summed E-state index contributed by atoms with van der Waals surface area (Å²) in [5, 5.41) is 0. The van der Waals surface area contributed by atoms with Gasteiger partial charge in [0.1, 0.15) is 0 Å². The van der Waals surface area contributed by atoms with Crippen molar-refractivity contribution in [1.29, 1.82) is 0 Å². The molecule has 2 atom stereocenters. The molecule has 1 aromatic heterocycles. The van der Waals surface area contributed by atoms with Gasteiger partial charge < -0.3 is 0 Å². The van der Waals surface area contributed by atoms with Crippen molar-refractivity contribution in [3.63, 3.8) is 0 Å². The zero-order chi connectivity index (χ0) is 11.5. The minimum Gasteiger partial charge on any atom is -0.293 e. The molecule has 3 aliphatic rings. The number of aliphatic imine (C=N–C) groups is 1. The van der Waals surface area contributed by atoms with E-state index in [9.17, 15) is 4.79 Å². The molecule has 3 heteroatoms. The lowest BCUT2D eigenvalue weighted by Crippen LogP contribution is -2.22. The van der Waals surface area contributed by atoms with Crippen molar-refractivity contribution < 1.29 is 4.79 Å². The van der Waals surface area contributed by atoms with Crippen LogP contribution in [-0.4, -0.2) is 17.0 Å². The lowest BCUT2D eigenvalue weighted by atomic mass is 9.86. The average molecular weight is 222 g/mol. The van der Waals surface area contributed by atoms with Gasteiger partial charge in [0.05, 0.1) is 11.1 Å². The molecule has 3 nitrogen and oxygen atoms in total. The van der Waals surface area contributed by atoms with Crippen molar-refractivity contribution in [1.82, 2.24) is 4.98 Å². The molecule has 0 radical (unpaired) electrons. The maximum atomic E-state index is 12.7. The molecule has 2 heterocycles. The second kappa shape index (κ2) is 2.80. The molecule has 1 saturated carbocycles. The molecule has 82 valence electrons. The monoisotopic (exact) mass is 222 g/mol. The largest absolute Gasteiger partial charge is 0.293 e. The number of nitrogens with zero attached hydrogens (tertiary/aromatic N) is 2. The maximum absolute atomic E-state index is 12.7. The van der Waals surface area contributed by atoms with Gasteiger partial charge in [-0.15, -0.1) is 0 Å². The smallest absolute Gasteiger partial charge is 0.176 e. The zero-order valence-corrected chi connectivity index (χ0v) is 9.13. The highest BCUT2D eigenvalue weighted by molar-refractivity contribution is 6.11. The molecule has 2 aliphatic carbocycles. The van der Waals surface area contributed by atoms with Crippen molar-refractivity contribution in [3.05, 3.63) is 47.4 Å². The summed E-state index contributed by atoms with van der Waals surface area (Å²) in [6.45, 7) is 0. The molecule has 4 rings (SSSR count). The highest BCUT2D eigenvalue weighted by Gasteiger charge is 2.62. The molecule has 0 bridgehead atoms. The number of carbonyl (C=O) groups excluding carboxylic acids is 1. The molecule has 1 aromatic rings. The van der Waals surface area contributed by atoms with Crippen LogP contribution >= 0.6 is 0 Å². The van der Waals surface area contributed by atoms with E-state index in [0.29, 0.717) is 0 Å². The zero-order valence-electron chi connectivity index (χ0n) is 9.13. The summed E-state index contributed by atoms with van der Waals surface area (Å²) in [5.74, 6) is 0.485. The molecule has 0 saturated heterocycles. The van der Waals surface area contributed by atoms with Crippen LogP contribution in [0.15, 0.2) is 41.2 Å². The minimum absolute atomic E-state index is 0.202. The molecule has 17 heavy (non-hydrogen) atoms. The number of fused-ring (bicyclic) bond motifs is 1. The second-order valence-electron chi connectivity index (χ2n) is 4.76. The second-order valence-corrected chi connectivity index (χ2v) is 4.76. The molecule has 0 aromatic carbocycles. The fourth-order valence-electron chi connectivity index (χ4n) is 2.88. The van der Waals surface area contributed by atoms with Crippen LogP contribution in [0.25, 0.3) is 6.08 Å². The van der Waals surface area contributed by atoms with E-state index in [0.717, 1.165) is 23.3 Å². The van der Waals surface area contributed by atoms with E-state index in [4.69, 9.17) is 0 Å². The Hall–Kier alpha value is -2.03. The van der Waals surface area contributed by atoms with Crippen LogP contribution < -0.4 is 0 Å². The van der Waals surface area contributed by atoms with E-state index in [2.05, 4.69) is 9.98 Å². The standard InChI is InChI=1S/C14H10N2O/c17-13-11-2-1-5-16-12(11)4-3-9-7-15-8-10-6-14(9,10)13/h1-5,7-8,10H,6H2. The fourth-order valence-corrected chi connectivity index (χ4v) is 2.88. The Morgan fingerprint density at radius 3 is 3.24 bits per heavy atom. The Morgan fingerprint density at radius 1 is 1.35 bits per heavy atom. The van der Waals surface area contributed by atoms with Gasteiger partial charge in [0.2, 0.25) is 0 Å². The summed E-state index contributed by atoms with van der Waals surface area (Å²) in [7, 11) is 0. The predicted molar refractivity (Wildman–Crippen MR) is 64.7 cm³/mol. The van der Waals surface area contributed by atoms with Crippen molar-refractivity contribution in [2.75, 3.05) is 0 Å². The van der Waals surface area contributed by atoms with Gasteiger partial charge in [0.25, 0.3) is 0 Å². The average Bonchev–Trinajstić information content (AvgIpc) is 3.12. The molecule has 1 aliphatic heterocycles. The number of hydrogen-bond donors (Lipinski definition) is 0. The summed E-state index contributed by atoms with van der Waals surface area (Å²) in [6.07, 6.45) is 10.2. The Labute approximate surface area is 98.6 Å². The van der Waals surface area contributed by atoms with E-state index >= 15 is 0 Å². The van der Waals surface area contributed by atoms with Crippen LogP contribution in [0.1, 0.15) is 22.5 Å². The first-order valence-electron chi connectivity index (χ1n) is 5.74. The van der Waals surface area contributed by atoms with Crippen molar-refractivity contribution in [3.8, 4) is 0 Å². The van der Waals surface area contributed by atoms with Gasteiger partial charge in [-0.05, 0) is 30.2 Å². The molecular weight excluding hydrogens is 212 g/mol. The summed E-state index contributed by atoms with van der Waals surface area (Å²) in [4.78, 5) is 21.1. The normalized spacial score (nSPS) is 32.1. The SMILES string of the molecule is O=C1c2cccnc2C=CC2=CN=CC3CC123. The highest BCUT2D eigenvalue weighted by atomic mass is 16.1. The summed E-state index contributed by atoms with van der Waals surface area (Å²) >= 11 is 0. The topological polar surface area (TPSA) is 42.3 Å². The summed E-state index contributed by atoms with van der Waals surface area (Å²) in [6, 6.07) is 3.69. The molecule has 1 fully saturated rings. The molecule has 1 spiro atoms. The van der Waals surface area contributed by atoms with Gasteiger partial charge in [0, 0.05) is 30.1 Å². The Balaban J connectivity index is 1.98. The Morgan fingerprint density at radius 2 is 2.29 bits per heavy atom. The van der Waals surface area contributed by atoms with Crippen LogP contribution in [0.2, 0.25) is 0 Å². The summed E-state index contributed by atoms with van der Waals surface area (Å²) < 4.78 is 0. The van der Waals surface area contributed by atoms with Crippen LogP contribution in [0.4, 0.5) is 0 Å². The first kappa shape index (κ1) is 9.05. The molecular formula is C14H10N2O. The van der Waals surface area contributed by atoms with E-state index in [-0.39, 0.29) is 17.1 Å². The number of carbonyl (C=O) groups is 1. The quantitative estimate of drug-likeness (QED) is 0.675. The number of hydrogen-bond acceptors (Lipinski definition) is 3. The van der Waals surface area contributed by atoms with Crippen LogP contribution in [-0.2, 0) is 0 Å². The van der Waals surface area contributed by atoms with Crippen molar-refractivity contribution >= 4 is 18.1 Å². The molecule has 0 N–H and O–H groups in total. The minimum atomic E-state index is -0.327. The third-order valence-corrected chi connectivity index (χ3v) is 3.92. The third kappa shape index (κ3) is 0.990. The molecule has 2 unspecified atom stereocenters. The van der Waals surface area contributed by atoms with Crippen LogP contribution in [0, 0.1) is 11.3 Å². The number of Topliss-reactive ketones (excluding diaryl/α,β-unsaturated/α-hetero) is 1. The van der Waals surface area contributed by atoms with E-state index in [1.807, 2.05) is 36.7 Å². The molecule has 0 amide bonds. The fraction of sp³-hybridized carbons (Fsp3) is 0.214. The van der Waals surface area contributed by atoms with E-state index in [1.54, 1.807) is 6.20 Å². The van der Waals surface area contributed by atoms with Gasteiger partial charge in [-0.3, -0.25) is 14.8 Å². The van der Waals surface area contributed by atoms with E-state index < -0.39 is 0 Å². The van der Waals surface area contributed by atoms with E-state index in [1.165, 1.54) is 0 Å². The lowest BCUT2D eigenvalue weighted by Gasteiger charge is -2.16. The van der Waals surface area contributed by atoms with Crippen molar-refractivity contribution in [2.45, 2.75) is 6.42 Å². The predicted octanol–water partition coefficient (Wildman–Crippen LogP) is 2.27. The van der Waals surface area contributed by atoms with Gasteiger partial charge in [-0.1, -0.05) is 6.08 Å². The number of ketones is 1. The number of rotatable bonds is 0. The van der Waals surface area contributed by atoms with Crippen LogP contribution in [0.5, 0.6) is 0 Å². The van der Waals surface area contributed by atoms with Gasteiger partial charge in [0.15, 0.2) is 5.78 Å². The number of aromatic nitrogens is 1. The highest BCUT2D eigenvalue weighted by Crippen LogP contribution is 2.61. The van der Waals surface area contributed by atoms with Gasteiger partial charge in [-0.2, -0.15) is 0 Å². The first-order valence-corrected chi connectivity index (χ1v) is 5.74. The Kier molecular flexibility index (Phi) is 1.49. The first-order chi connectivity index (χ1) is 8.32. The maximum Gasteiger partial charge on any atom is 0.176 e. The third-order valence-electron chi connectivity index (χ3n) is 3.92. The van der Waals surface area contributed by atoms with Crippen molar-refractivity contribution in [2.24, 2.45) is 16.3 Å².